The molecule has 1 unspecified atom stereocenters. The predicted octanol–water partition coefficient (Wildman–Crippen LogP) is 4.87. The largest absolute Gasteiger partial charge is 0.377 e. The number of benzene rings is 1. The van der Waals surface area contributed by atoms with Crippen molar-refractivity contribution >= 4 is 28.9 Å². The summed E-state index contributed by atoms with van der Waals surface area (Å²) in [4.78, 5) is 4.25. The lowest BCUT2D eigenvalue weighted by atomic mass is 10.1. The van der Waals surface area contributed by atoms with Crippen molar-refractivity contribution in [1.82, 2.24) is 4.98 Å². The van der Waals surface area contributed by atoms with Crippen LogP contribution in [-0.4, -0.2) is 4.98 Å². The lowest BCUT2D eigenvalue weighted by molar-refractivity contribution is 0.879. The summed E-state index contributed by atoms with van der Waals surface area (Å²) in [6.45, 7) is 4.05. The quantitative estimate of drug-likeness (QED) is 0.868. The number of anilines is 1. The maximum absolute atomic E-state index is 6.02. The van der Waals surface area contributed by atoms with Crippen molar-refractivity contribution in [2.75, 3.05) is 5.32 Å². The summed E-state index contributed by atoms with van der Waals surface area (Å²) in [5, 5.41) is 4.56. The van der Waals surface area contributed by atoms with Crippen molar-refractivity contribution in [3.63, 3.8) is 0 Å². The molecule has 1 heterocycles. The SMILES string of the molecule is Cc1ncccc1NC(C)c1ccc(Cl)c(Cl)c1. The van der Waals surface area contributed by atoms with Crippen LogP contribution in [0.2, 0.25) is 10.0 Å². The first-order valence-electron chi connectivity index (χ1n) is 5.71. The maximum Gasteiger partial charge on any atom is 0.0603 e. The van der Waals surface area contributed by atoms with Gasteiger partial charge in [0.2, 0.25) is 0 Å². The molecule has 2 rings (SSSR count). The van der Waals surface area contributed by atoms with E-state index in [1.54, 1.807) is 6.20 Å². The minimum atomic E-state index is 0.141. The molecule has 0 amide bonds. The number of aromatic nitrogens is 1. The second-order valence-electron chi connectivity index (χ2n) is 4.18. The molecule has 1 aromatic carbocycles. The number of nitrogens with zero attached hydrogens (tertiary/aromatic N) is 1. The normalized spacial score (nSPS) is 12.2. The number of nitrogens with one attached hydrogen (secondary N) is 1. The van der Waals surface area contributed by atoms with Crippen LogP contribution in [-0.2, 0) is 0 Å². The molecule has 94 valence electrons. The number of hydrogen-bond acceptors (Lipinski definition) is 2. The van der Waals surface area contributed by atoms with Crippen molar-refractivity contribution in [3.05, 3.63) is 57.8 Å². The Morgan fingerprint density at radius 3 is 2.61 bits per heavy atom. The van der Waals surface area contributed by atoms with E-state index < -0.39 is 0 Å². The molecular weight excluding hydrogens is 267 g/mol. The van der Waals surface area contributed by atoms with Crippen LogP contribution in [0.3, 0.4) is 0 Å². The van der Waals surface area contributed by atoms with E-state index >= 15 is 0 Å². The van der Waals surface area contributed by atoms with Crippen molar-refractivity contribution in [2.24, 2.45) is 0 Å². The van der Waals surface area contributed by atoms with Crippen molar-refractivity contribution in [3.8, 4) is 0 Å². The van der Waals surface area contributed by atoms with Crippen LogP contribution in [0.1, 0.15) is 24.2 Å². The Morgan fingerprint density at radius 1 is 1.17 bits per heavy atom. The number of pyridine rings is 1. The summed E-state index contributed by atoms with van der Waals surface area (Å²) >= 11 is 11.9. The Hall–Kier alpha value is -1.25. The van der Waals surface area contributed by atoms with E-state index in [1.165, 1.54) is 0 Å². The van der Waals surface area contributed by atoms with Gasteiger partial charge in [-0.2, -0.15) is 0 Å². The third-order valence-corrected chi connectivity index (χ3v) is 3.56. The molecule has 0 bridgehead atoms. The van der Waals surface area contributed by atoms with Gasteiger partial charge in [0.1, 0.15) is 0 Å². The summed E-state index contributed by atoms with van der Waals surface area (Å²) < 4.78 is 0. The summed E-state index contributed by atoms with van der Waals surface area (Å²) in [7, 11) is 0. The van der Waals surface area contributed by atoms with Crippen LogP contribution < -0.4 is 5.32 Å². The van der Waals surface area contributed by atoms with Gasteiger partial charge in [0.15, 0.2) is 0 Å². The van der Waals surface area contributed by atoms with Crippen LogP contribution in [0.4, 0.5) is 5.69 Å². The van der Waals surface area contributed by atoms with Crippen LogP contribution in [0.5, 0.6) is 0 Å². The van der Waals surface area contributed by atoms with Gasteiger partial charge in [0.25, 0.3) is 0 Å². The van der Waals surface area contributed by atoms with Gasteiger partial charge in [-0.25, -0.2) is 0 Å². The zero-order chi connectivity index (χ0) is 13.1. The first-order chi connectivity index (χ1) is 8.58. The monoisotopic (exact) mass is 280 g/mol. The predicted molar refractivity (Wildman–Crippen MR) is 77.5 cm³/mol. The van der Waals surface area contributed by atoms with Gasteiger partial charge in [-0.3, -0.25) is 4.98 Å². The molecule has 2 aromatic rings. The van der Waals surface area contributed by atoms with Crippen molar-refractivity contribution in [1.29, 1.82) is 0 Å². The summed E-state index contributed by atoms with van der Waals surface area (Å²) in [5.74, 6) is 0. The minimum absolute atomic E-state index is 0.141. The van der Waals surface area contributed by atoms with E-state index in [1.807, 2.05) is 37.3 Å². The number of halogens is 2. The van der Waals surface area contributed by atoms with Gasteiger partial charge >= 0.3 is 0 Å². The fourth-order valence-electron chi connectivity index (χ4n) is 1.74. The average Bonchev–Trinajstić information content (AvgIpc) is 2.35. The van der Waals surface area contributed by atoms with Gasteiger partial charge < -0.3 is 5.32 Å². The van der Waals surface area contributed by atoms with Gasteiger partial charge in [-0.1, -0.05) is 29.3 Å². The second kappa shape index (κ2) is 5.59. The molecule has 4 heteroatoms. The van der Waals surface area contributed by atoms with Gasteiger partial charge in [-0.05, 0) is 43.7 Å². The zero-order valence-electron chi connectivity index (χ0n) is 10.2. The smallest absolute Gasteiger partial charge is 0.0603 e. The van der Waals surface area contributed by atoms with Crippen molar-refractivity contribution in [2.45, 2.75) is 19.9 Å². The standard InChI is InChI=1S/C14H14Cl2N2/c1-9(11-5-6-12(15)13(16)8-11)18-14-4-3-7-17-10(14)2/h3-9,18H,1-2H3. The first kappa shape index (κ1) is 13.2. The zero-order valence-corrected chi connectivity index (χ0v) is 11.8. The van der Waals surface area contributed by atoms with E-state index in [0.29, 0.717) is 10.0 Å². The molecule has 18 heavy (non-hydrogen) atoms. The highest BCUT2D eigenvalue weighted by Crippen LogP contribution is 2.27. The topological polar surface area (TPSA) is 24.9 Å². The molecule has 0 radical (unpaired) electrons. The number of aryl methyl sites for hydroxylation is 1. The molecule has 0 saturated carbocycles. The molecule has 0 saturated heterocycles. The molecule has 0 aliphatic carbocycles. The van der Waals surface area contributed by atoms with Crippen LogP contribution in [0.15, 0.2) is 36.5 Å². The Morgan fingerprint density at radius 2 is 1.94 bits per heavy atom. The van der Waals surface area contributed by atoms with Crippen molar-refractivity contribution < 1.29 is 0 Å². The summed E-state index contributed by atoms with van der Waals surface area (Å²) in [6, 6.07) is 9.73. The fourth-order valence-corrected chi connectivity index (χ4v) is 2.04. The first-order valence-corrected chi connectivity index (χ1v) is 6.46. The van der Waals surface area contributed by atoms with E-state index in [2.05, 4.69) is 17.2 Å². The van der Waals surface area contributed by atoms with Gasteiger partial charge in [-0.15, -0.1) is 0 Å². The molecule has 0 aliphatic rings. The molecular formula is C14H14Cl2N2. The Kier molecular flexibility index (Phi) is 4.10. The number of rotatable bonds is 3. The number of hydrogen-bond donors (Lipinski definition) is 1. The highest BCUT2D eigenvalue weighted by atomic mass is 35.5. The lowest BCUT2D eigenvalue weighted by Gasteiger charge is -2.17. The Bertz CT molecular complexity index is 555. The molecule has 0 spiro atoms. The molecule has 0 fully saturated rings. The molecule has 0 aliphatic heterocycles. The molecule has 1 aromatic heterocycles. The summed E-state index contributed by atoms with van der Waals surface area (Å²) in [6.07, 6.45) is 1.78. The average molecular weight is 281 g/mol. The van der Waals surface area contributed by atoms with E-state index in [0.717, 1.165) is 16.9 Å². The molecule has 1 atom stereocenters. The van der Waals surface area contributed by atoms with Crippen LogP contribution >= 0.6 is 23.2 Å². The van der Waals surface area contributed by atoms with Gasteiger partial charge in [0, 0.05) is 12.2 Å². The van der Waals surface area contributed by atoms with E-state index in [-0.39, 0.29) is 6.04 Å². The van der Waals surface area contributed by atoms with E-state index in [9.17, 15) is 0 Å². The molecule has 1 N–H and O–H groups in total. The third-order valence-electron chi connectivity index (χ3n) is 2.82. The lowest BCUT2D eigenvalue weighted by Crippen LogP contribution is -2.08. The Labute approximate surface area is 117 Å². The van der Waals surface area contributed by atoms with Gasteiger partial charge in [0.05, 0.1) is 21.4 Å². The van der Waals surface area contributed by atoms with Crippen LogP contribution in [0.25, 0.3) is 0 Å². The third kappa shape index (κ3) is 2.95. The maximum atomic E-state index is 6.02. The minimum Gasteiger partial charge on any atom is -0.377 e. The fraction of sp³-hybridized carbons (Fsp3) is 0.214. The highest BCUT2D eigenvalue weighted by molar-refractivity contribution is 6.42. The molecule has 2 nitrogen and oxygen atoms in total. The van der Waals surface area contributed by atoms with Crippen LogP contribution in [0, 0.1) is 6.92 Å². The second-order valence-corrected chi connectivity index (χ2v) is 4.99. The highest BCUT2D eigenvalue weighted by Gasteiger charge is 2.08. The van der Waals surface area contributed by atoms with E-state index in [4.69, 9.17) is 23.2 Å². The Balaban J connectivity index is 2.19. The summed E-state index contributed by atoms with van der Waals surface area (Å²) in [5.41, 5.74) is 3.09.